The summed E-state index contributed by atoms with van der Waals surface area (Å²) >= 11 is 0. The Balaban J connectivity index is 1.91. The van der Waals surface area contributed by atoms with Gasteiger partial charge in [0, 0.05) is 17.6 Å². The number of amides is 2. The molecule has 4 nitrogen and oxygen atoms in total. The van der Waals surface area contributed by atoms with Crippen molar-refractivity contribution in [1.29, 1.82) is 0 Å². The van der Waals surface area contributed by atoms with Crippen LogP contribution in [-0.4, -0.2) is 29.3 Å². The number of rotatable bonds is 3. The quantitative estimate of drug-likeness (QED) is 0.870. The van der Waals surface area contributed by atoms with Gasteiger partial charge in [-0.25, -0.2) is 0 Å². The molecule has 2 aromatic rings. The van der Waals surface area contributed by atoms with Crippen LogP contribution >= 0.6 is 0 Å². The van der Waals surface area contributed by atoms with Gasteiger partial charge in [0.05, 0.1) is 6.42 Å². The monoisotopic (exact) mass is 268 g/mol. The molecule has 20 heavy (non-hydrogen) atoms. The van der Waals surface area contributed by atoms with Crippen molar-refractivity contribution >= 4 is 28.3 Å². The Morgan fingerprint density at radius 1 is 1.15 bits per heavy atom. The van der Waals surface area contributed by atoms with Gasteiger partial charge < -0.3 is 5.32 Å². The van der Waals surface area contributed by atoms with E-state index in [1.165, 1.54) is 4.90 Å². The first kappa shape index (κ1) is 12.7. The van der Waals surface area contributed by atoms with E-state index in [2.05, 4.69) is 5.32 Å². The van der Waals surface area contributed by atoms with Gasteiger partial charge in [0.1, 0.15) is 6.04 Å². The number of fused-ring (bicyclic) bond motifs is 1. The fourth-order valence-electron chi connectivity index (χ4n) is 2.67. The molecule has 0 aliphatic carbocycles. The first-order valence-corrected chi connectivity index (χ1v) is 6.79. The highest BCUT2D eigenvalue weighted by Crippen LogP contribution is 2.26. The van der Waals surface area contributed by atoms with Crippen molar-refractivity contribution in [2.75, 3.05) is 11.9 Å². The maximum Gasteiger partial charge on any atom is 0.252 e. The lowest BCUT2D eigenvalue weighted by atomic mass is 10.1. The molecule has 2 amide bonds. The summed E-state index contributed by atoms with van der Waals surface area (Å²) in [5.41, 5.74) is 0.896. The van der Waals surface area contributed by atoms with Crippen LogP contribution in [0.4, 0.5) is 5.69 Å². The molecule has 3 rings (SSSR count). The zero-order valence-corrected chi connectivity index (χ0v) is 11.3. The summed E-state index contributed by atoms with van der Waals surface area (Å²) in [6.07, 6.45) is 0.232. The standard InChI is InChI=1S/C16H16N2O2/c1-2-18-15(19)10-14(16(18)20)17-13-9-5-7-11-6-3-4-8-12(11)13/h3-9,14,17H,2,10H2,1H3. The lowest BCUT2D eigenvalue weighted by Crippen LogP contribution is -2.34. The second-order valence-electron chi connectivity index (χ2n) is 4.90. The molecule has 102 valence electrons. The van der Waals surface area contributed by atoms with E-state index in [1.54, 1.807) is 0 Å². The molecule has 1 saturated heterocycles. The van der Waals surface area contributed by atoms with Crippen LogP contribution in [0.3, 0.4) is 0 Å². The number of benzene rings is 2. The number of likely N-dealkylation sites (tertiary alicyclic amines) is 1. The van der Waals surface area contributed by atoms with Crippen molar-refractivity contribution in [1.82, 2.24) is 4.90 Å². The van der Waals surface area contributed by atoms with Crippen molar-refractivity contribution in [3.63, 3.8) is 0 Å². The Bertz CT molecular complexity index is 676. The lowest BCUT2D eigenvalue weighted by molar-refractivity contribution is -0.138. The van der Waals surface area contributed by atoms with Crippen molar-refractivity contribution in [2.45, 2.75) is 19.4 Å². The zero-order valence-electron chi connectivity index (χ0n) is 11.3. The van der Waals surface area contributed by atoms with Crippen LogP contribution in [0.15, 0.2) is 42.5 Å². The van der Waals surface area contributed by atoms with E-state index < -0.39 is 6.04 Å². The molecular weight excluding hydrogens is 252 g/mol. The van der Waals surface area contributed by atoms with Crippen LogP contribution in [0, 0.1) is 0 Å². The number of likely N-dealkylation sites (N-methyl/N-ethyl adjacent to an activating group) is 1. The second-order valence-corrected chi connectivity index (χ2v) is 4.90. The highest BCUT2D eigenvalue weighted by molar-refractivity contribution is 6.07. The number of hydrogen-bond donors (Lipinski definition) is 1. The number of carbonyl (C=O) groups excluding carboxylic acids is 2. The van der Waals surface area contributed by atoms with Crippen LogP contribution in [0.2, 0.25) is 0 Å². The van der Waals surface area contributed by atoms with Gasteiger partial charge in [-0.05, 0) is 18.4 Å². The topological polar surface area (TPSA) is 49.4 Å². The largest absolute Gasteiger partial charge is 0.373 e. The molecule has 0 bridgehead atoms. The van der Waals surface area contributed by atoms with Gasteiger partial charge in [0.25, 0.3) is 5.91 Å². The molecule has 1 fully saturated rings. The average molecular weight is 268 g/mol. The predicted octanol–water partition coefficient (Wildman–Crippen LogP) is 2.40. The summed E-state index contributed by atoms with van der Waals surface area (Å²) in [4.78, 5) is 25.2. The average Bonchev–Trinajstić information content (AvgIpc) is 2.73. The highest BCUT2D eigenvalue weighted by Gasteiger charge is 2.37. The van der Waals surface area contributed by atoms with Crippen LogP contribution < -0.4 is 5.32 Å². The van der Waals surface area contributed by atoms with Crippen molar-refractivity contribution < 1.29 is 9.59 Å². The second kappa shape index (κ2) is 4.96. The summed E-state index contributed by atoms with van der Waals surface area (Å²) < 4.78 is 0. The van der Waals surface area contributed by atoms with Gasteiger partial charge in [-0.3, -0.25) is 14.5 Å². The highest BCUT2D eigenvalue weighted by atomic mass is 16.2. The third-order valence-electron chi connectivity index (χ3n) is 3.68. The van der Waals surface area contributed by atoms with E-state index in [0.29, 0.717) is 6.54 Å². The maximum atomic E-state index is 12.1. The molecule has 4 heteroatoms. The third-order valence-corrected chi connectivity index (χ3v) is 3.68. The minimum absolute atomic E-state index is 0.102. The van der Waals surface area contributed by atoms with E-state index in [0.717, 1.165) is 16.5 Å². The van der Waals surface area contributed by atoms with Gasteiger partial charge >= 0.3 is 0 Å². The van der Waals surface area contributed by atoms with Crippen molar-refractivity contribution in [3.05, 3.63) is 42.5 Å². The number of carbonyl (C=O) groups is 2. The number of anilines is 1. The van der Waals surface area contributed by atoms with E-state index in [4.69, 9.17) is 0 Å². The van der Waals surface area contributed by atoms with Gasteiger partial charge in [0.2, 0.25) is 5.91 Å². The molecule has 1 N–H and O–H groups in total. The SMILES string of the molecule is CCN1C(=O)CC(Nc2cccc3ccccc23)C1=O. The Kier molecular flexibility index (Phi) is 3.14. The molecular formula is C16H16N2O2. The Morgan fingerprint density at radius 2 is 1.90 bits per heavy atom. The molecule has 1 aliphatic rings. The van der Waals surface area contributed by atoms with Crippen LogP contribution in [0.1, 0.15) is 13.3 Å². The summed E-state index contributed by atoms with van der Waals surface area (Å²) in [5.74, 6) is -0.235. The van der Waals surface area contributed by atoms with E-state index in [9.17, 15) is 9.59 Å². The summed E-state index contributed by atoms with van der Waals surface area (Å²) in [6.45, 7) is 2.25. The van der Waals surface area contributed by atoms with Crippen LogP contribution in [-0.2, 0) is 9.59 Å². The molecule has 0 aromatic heterocycles. The van der Waals surface area contributed by atoms with Gasteiger partial charge in [0.15, 0.2) is 0 Å². The molecule has 1 aliphatic heterocycles. The first-order chi connectivity index (χ1) is 9.70. The number of imide groups is 1. The molecule has 1 atom stereocenters. The van der Waals surface area contributed by atoms with Gasteiger partial charge in [-0.15, -0.1) is 0 Å². The molecule has 0 radical (unpaired) electrons. The van der Waals surface area contributed by atoms with Gasteiger partial charge in [-0.1, -0.05) is 36.4 Å². The normalized spacial score (nSPS) is 18.9. The Morgan fingerprint density at radius 3 is 2.65 bits per heavy atom. The molecule has 1 heterocycles. The summed E-state index contributed by atoms with van der Waals surface area (Å²) in [7, 11) is 0. The predicted molar refractivity (Wildman–Crippen MR) is 78.4 cm³/mol. The van der Waals surface area contributed by atoms with Crippen LogP contribution in [0.5, 0.6) is 0 Å². The Labute approximate surface area is 117 Å². The minimum atomic E-state index is -0.451. The number of nitrogens with one attached hydrogen (secondary N) is 1. The van der Waals surface area contributed by atoms with E-state index in [1.807, 2.05) is 49.4 Å². The third kappa shape index (κ3) is 2.03. The lowest BCUT2D eigenvalue weighted by Gasteiger charge is -2.15. The smallest absolute Gasteiger partial charge is 0.252 e. The molecule has 2 aromatic carbocycles. The fourth-order valence-corrected chi connectivity index (χ4v) is 2.67. The van der Waals surface area contributed by atoms with Crippen LogP contribution in [0.25, 0.3) is 10.8 Å². The number of nitrogens with zero attached hydrogens (tertiary/aromatic N) is 1. The van der Waals surface area contributed by atoms with E-state index in [-0.39, 0.29) is 18.2 Å². The number of hydrogen-bond acceptors (Lipinski definition) is 3. The summed E-state index contributed by atoms with van der Waals surface area (Å²) in [5, 5.41) is 5.39. The molecule has 0 spiro atoms. The first-order valence-electron chi connectivity index (χ1n) is 6.79. The summed E-state index contributed by atoms with van der Waals surface area (Å²) in [6, 6.07) is 13.5. The minimum Gasteiger partial charge on any atom is -0.373 e. The Hall–Kier alpha value is -2.36. The molecule has 0 saturated carbocycles. The maximum absolute atomic E-state index is 12.1. The van der Waals surface area contributed by atoms with Crippen molar-refractivity contribution in [2.24, 2.45) is 0 Å². The van der Waals surface area contributed by atoms with E-state index >= 15 is 0 Å². The fraction of sp³-hybridized carbons (Fsp3) is 0.250. The van der Waals surface area contributed by atoms with Crippen molar-refractivity contribution in [3.8, 4) is 0 Å². The van der Waals surface area contributed by atoms with Gasteiger partial charge in [-0.2, -0.15) is 0 Å². The zero-order chi connectivity index (χ0) is 14.1. The molecule has 1 unspecified atom stereocenters.